The largest absolute Gasteiger partial charge is 0.339 e. The van der Waals surface area contributed by atoms with Crippen LogP contribution in [0.15, 0.2) is 18.2 Å². The molecule has 1 aliphatic rings. The molecule has 1 heterocycles. The maximum Gasteiger partial charge on any atom is 0.243 e. The molecule has 0 aliphatic carbocycles. The fraction of sp³-hybridized carbons (Fsp3) is 0.562. The number of anilines is 1. The van der Waals surface area contributed by atoms with E-state index in [4.69, 9.17) is 0 Å². The Balaban J connectivity index is 2.23. The SMILES string of the molecule is Cc1ccc(C)c(N(CC(=O)N2CCN(C)CC2)S(C)(=O)=O)c1. The highest BCUT2D eigenvalue weighted by atomic mass is 32.2. The van der Waals surface area contributed by atoms with Crippen LogP contribution >= 0.6 is 0 Å². The Morgan fingerprint density at radius 2 is 1.78 bits per heavy atom. The zero-order chi connectivity index (χ0) is 17.2. The number of rotatable bonds is 4. The second-order valence-electron chi connectivity index (χ2n) is 6.24. The molecular weight excluding hydrogens is 314 g/mol. The van der Waals surface area contributed by atoms with Crippen LogP contribution in [-0.4, -0.2) is 70.2 Å². The summed E-state index contributed by atoms with van der Waals surface area (Å²) in [7, 11) is -1.51. The summed E-state index contributed by atoms with van der Waals surface area (Å²) in [6.45, 7) is 6.52. The molecule has 0 N–H and O–H groups in total. The van der Waals surface area contributed by atoms with E-state index in [-0.39, 0.29) is 12.5 Å². The quantitative estimate of drug-likeness (QED) is 0.816. The smallest absolute Gasteiger partial charge is 0.243 e. The van der Waals surface area contributed by atoms with E-state index in [0.29, 0.717) is 18.8 Å². The van der Waals surface area contributed by atoms with Crippen molar-refractivity contribution in [2.24, 2.45) is 0 Å². The van der Waals surface area contributed by atoms with Crippen LogP contribution in [0.1, 0.15) is 11.1 Å². The van der Waals surface area contributed by atoms with Crippen LogP contribution in [0.5, 0.6) is 0 Å². The van der Waals surface area contributed by atoms with Gasteiger partial charge in [-0.05, 0) is 38.1 Å². The Morgan fingerprint density at radius 3 is 2.35 bits per heavy atom. The molecule has 0 saturated carbocycles. The summed E-state index contributed by atoms with van der Waals surface area (Å²) in [4.78, 5) is 16.4. The van der Waals surface area contributed by atoms with Gasteiger partial charge >= 0.3 is 0 Å². The topological polar surface area (TPSA) is 60.9 Å². The lowest BCUT2D eigenvalue weighted by Gasteiger charge is -2.34. The lowest BCUT2D eigenvalue weighted by Crippen LogP contribution is -2.50. The van der Waals surface area contributed by atoms with Gasteiger partial charge in [0.1, 0.15) is 6.54 Å². The maximum atomic E-state index is 12.5. The van der Waals surface area contributed by atoms with E-state index in [2.05, 4.69) is 4.90 Å². The van der Waals surface area contributed by atoms with Crippen LogP contribution in [0, 0.1) is 13.8 Å². The predicted molar refractivity (Wildman–Crippen MR) is 92.2 cm³/mol. The Hall–Kier alpha value is -1.60. The van der Waals surface area contributed by atoms with Gasteiger partial charge in [-0.3, -0.25) is 9.10 Å². The average Bonchev–Trinajstić information content (AvgIpc) is 2.47. The van der Waals surface area contributed by atoms with Crippen molar-refractivity contribution in [3.05, 3.63) is 29.3 Å². The number of hydrogen-bond acceptors (Lipinski definition) is 4. The number of likely N-dealkylation sites (N-methyl/N-ethyl adjacent to an activating group) is 1. The second kappa shape index (κ2) is 6.88. The minimum absolute atomic E-state index is 0.146. The first-order valence-electron chi connectivity index (χ1n) is 7.70. The lowest BCUT2D eigenvalue weighted by molar-refractivity contribution is -0.131. The number of hydrogen-bond donors (Lipinski definition) is 0. The van der Waals surface area contributed by atoms with Crippen LogP contribution in [0.2, 0.25) is 0 Å². The van der Waals surface area contributed by atoms with Crippen molar-refractivity contribution in [1.29, 1.82) is 0 Å². The van der Waals surface area contributed by atoms with Gasteiger partial charge in [-0.2, -0.15) is 0 Å². The molecule has 1 saturated heterocycles. The zero-order valence-corrected chi connectivity index (χ0v) is 15.1. The highest BCUT2D eigenvalue weighted by Gasteiger charge is 2.26. The van der Waals surface area contributed by atoms with Gasteiger partial charge < -0.3 is 9.80 Å². The van der Waals surface area contributed by atoms with Crippen LogP contribution < -0.4 is 4.31 Å². The number of benzene rings is 1. The van der Waals surface area contributed by atoms with Crippen molar-refractivity contribution in [2.45, 2.75) is 13.8 Å². The number of piperazine rings is 1. The van der Waals surface area contributed by atoms with Gasteiger partial charge in [-0.15, -0.1) is 0 Å². The van der Waals surface area contributed by atoms with Gasteiger partial charge in [0.05, 0.1) is 11.9 Å². The first-order valence-corrected chi connectivity index (χ1v) is 9.54. The molecule has 7 heteroatoms. The van der Waals surface area contributed by atoms with Gasteiger partial charge in [0.15, 0.2) is 0 Å². The fourth-order valence-corrected chi connectivity index (χ4v) is 3.55. The minimum Gasteiger partial charge on any atom is -0.339 e. The van der Waals surface area contributed by atoms with Crippen molar-refractivity contribution >= 4 is 21.6 Å². The standard InChI is InChI=1S/C16H25N3O3S/c1-13-5-6-14(2)15(11-13)19(23(4,21)22)12-16(20)18-9-7-17(3)8-10-18/h5-6,11H,7-10,12H2,1-4H3. The van der Waals surface area contributed by atoms with E-state index >= 15 is 0 Å². The predicted octanol–water partition coefficient (Wildman–Crippen LogP) is 0.843. The summed E-state index contributed by atoms with van der Waals surface area (Å²) >= 11 is 0. The van der Waals surface area contributed by atoms with Crippen molar-refractivity contribution < 1.29 is 13.2 Å². The van der Waals surface area contributed by atoms with Gasteiger partial charge in [0.2, 0.25) is 15.9 Å². The fourth-order valence-electron chi connectivity index (χ4n) is 2.65. The molecule has 2 rings (SSSR count). The molecule has 1 aromatic carbocycles. The molecule has 0 spiro atoms. The Bertz CT molecular complexity index is 680. The molecule has 0 bridgehead atoms. The molecule has 128 valence electrons. The molecule has 0 unspecified atom stereocenters. The normalized spacial score (nSPS) is 16.4. The molecule has 1 aromatic rings. The van der Waals surface area contributed by atoms with Crippen LogP contribution in [0.4, 0.5) is 5.69 Å². The summed E-state index contributed by atoms with van der Waals surface area (Å²) in [5.74, 6) is -0.149. The van der Waals surface area contributed by atoms with Gasteiger partial charge in [-0.1, -0.05) is 12.1 Å². The Kier molecular flexibility index (Phi) is 5.31. The van der Waals surface area contributed by atoms with Crippen LogP contribution in [-0.2, 0) is 14.8 Å². The zero-order valence-electron chi connectivity index (χ0n) is 14.2. The third-order valence-corrected chi connectivity index (χ3v) is 5.29. The van der Waals surface area contributed by atoms with Crippen molar-refractivity contribution in [3.8, 4) is 0 Å². The monoisotopic (exact) mass is 339 g/mol. The van der Waals surface area contributed by atoms with E-state index in [9.17, 15) is 13.2 Å². The van der Waals surface area contributed by atoms with Gasteiger partial charge in [-0.25, -0.2) is 8.42 Å². The second-order valence-corrected chi connectivity index (χ2v) is 8.15. The van der Waals surface area contributed by atoms with E-state index < -0.39 is 10.0 Å². The van der Waals surface area contributed by atoms with Crippen molar-refractivity contribution in [1.82, 2.24) is 9.80 Å². The molecule has 23 heavy (non-hydrogen) atoms. The third-order valence-electron chi connectivity index (χ3n) is 4.17. The summed E-state index contributed by atoms with van der Waals surface area (Å²) in [5, 5.41) is 0. The number of sulfonamides is 1. The van der Waals surface area contributed by atoms with Crippen molar-refractivity contribution in [2.75, 3.05) is 50.3 Å². The molecule has 6 nitrogen and oxygen atoms in total. The van der Waals surface area contributed by atoms with Crippen molar-refractivity contribution in [3.63, 3.8) is 0 Å². The Morgan fingerprint density at radius 1 is 1.17 bits per heavy atom. The van der Waals surface area contributed by atoms with E-state index in [1.807, 2.05) is 39.1 Å². The summed E-state index contributed by atoms with van der Waals surface area (Å²) in [6, 6.07) is 5.62. The molecule has 0 radical (unpaired) electrons. The summed E-state index contributed by atoms with van der Waals surface area (Å²) in [6.07, 6.45) is 1.14. The van der Waals surface area contributed by atoms with Crippen LogP contribution in [0.25, 0.3) is 0 Å². The molecule has 0 atom stereocenters. The number of carbonyl (C=O) groups excluding carboxylic acids is 1. The van der Waals surface area contributed by atoms with Crippen LogP contribution in [0.3, 0.4) is 0 Å². The van der Waals surface area contributed by atoms with Gasteiger partial charge in [0, 0.05) is 26.2 Å². The average molecular weight is 339 g/mol. The minimum atomic E-state index is -3.53. The number of nitrogens with zero attached hydrogens (tertiary/aromatic N) is 3. The number of aryl methyl sites for hydroxylation is 2. The molecule has 1 amide bonds. The molecular formula is C16H25N3O3S. The first kappa shape index (κ1) is 17.7. The molecule has 0 aromatic heterocycles. The summed E-state index contributed by atoms with van der Waals surface area (Å²) in [5.41, 5.74) is 2.38. The summed E-state index contributed by atoms with van der Waals surface area (Å²) < 4.78 is 25.6. The number of carbonyl (C=O) groups is 1. The third kappa shape index (κ3) is 4.45. The number of amides is 1. The van der Waals surface area contributed by atoms with E-state index in [1.54, 1.807) is 4.90 Å². The van der Waals surface area contributed by atoms with E-state index in [1.165, 1.54) is 4.31 Å². The lowest BCUT2D eigenvalue weighted by atomic mass is 10.1. The Labute approximate surface area is 138 Å². The molecule has 1 fully saturated rings. The van der Waals surface area contributed by atoms with Gasteiger partial charge in [0.25, 0.3) is 0 Å². The highest BCUT2D eigenvalue weighted by Crippen LogP contribution is 2.24. The van der Waals surface area contributed by atoms with E-state index in [0.717, 1.165) is 30.5 Å². The first-order chi connectivity index (χ1) is 10.7. The maximum absolute atomic E-state index is 12.5. The highest BCUT2D eigenvalue weighted by molar-refractivity contribution is 7.92. The molecule has 1 aliphatic heterocycles.